The fourth-order valence-corrected chi connectivity index (χ4v) is 3.25. The van der Waals surface area contributed by atoms with E-state index in [0.717, 1.165) is 25.1 Å². The molecular weight excluding hydrogens is 322 g/mol. The first kappa shape index (κ1) is 21.5. The fourth-order valence-electron chi connectivity index (χ4n) is 2.15. The molecule has 25 heavy (non-hydrogen) atoms. The highest BCUT2D eigenvalue weighted by molar-refractivity contribution is 6.74. The van der Waals surface area contributed by atoms with Gasteiger partial charge in [0.2, 0.25) is 8.32 Å². The van der Waals surface area contributed by atoms with Crippen molar-refractivity contribution in [2.24, 2.45) is 0 Å². The Labute approximate surface area is 155 Å². The van der Waals surface area contributed by atoms with Crippen molar-refractivity contribution in [3.8, 4) is 0 Å². The molecule has 0 radical (unpaired) electrons. The zero-order chi connectivity index (χ0) is 18.9. The van der Waals surface area contributed by atoms with E-state index in [0.29, 0.717) is 0 Å². The number of hydrogen-bond donors (Lipinski definition) is 1. The summed E-state index contributed by atoms with van der Waals surface area (Å²) < 4.78 is 6.62. The third-order valence-corrected chi connectivity index (χ3v) is 9.17. The predicted molar refractivity (Wildman–Crippen MR) is 113 cm³/mol. The lowest BCUT2D eigenvalue weighted by Gasteiger charge is -2.38. The van der Waals surface area contributed by atoms with E-state index in [1.54, 1.807) is 0 Å². The first-order valence-corrected chi connectivity index (χ1v) is 12.0. The summed E-state index contributed by atoms with van der Waals surface area (Å²) in [6, 6.07) is 10.4. The topological polar surface area (TPSA) is 21.3 Å². The highest BCUT2D eigenvalue weighted by atomic mass is 28.4. The van der Waals surface area contributed by atoms with Gasteiger partial charge in [0.1, 0.15) is 0 Å². The molecule has 2 nitrogen and oxygen atoms in total. The summed E-state index contributed by atoms with van der Waals surface area (Å²) in [5.74, 6) is 0.999. The average Bonchev–Trinajstić information content (AvgIpc) is 2.55. The van der Waals surface area contributed by atoms with Crippen LogP contribution in [0, 0.1) is 0 Å². The molecular formula is C22H35NOSi. The van der Waals surface area contributed by atoms with Gasteiger partial charge in [-0.3, -0.25) is 0 Å². The van der Waals surface area contributed by atoms with E-state index >= 15 is 0 Å². The molecule has 138 valence electrons. The largest absolute Gasteiger partial charge is 0.545 e. The minimum Gasteiger partial charge on any atom is -0.545 e. The minimum absolute atomic E-state index is 0.0131. The lowest BCUT2D eigenvalue weighted by molar-refractivity contribution is 0.344. The van der Waals surface area contributed by atoms with Crippen molar-refractivity contribution in [3.05, 3.63) is 73.0 Å². The Kier molecular flexibility index (Phi) is 8.40. The summed E-state index contributed by atoms with van der Waals surface area (Å²) in [5, 5.41) is 3.73. The van der Waals surface area contributed by atoms with Crippen molar-refractivity contribution in [2.45, 2.75) is 64.3 Å². The second-order valence-corrected chi connectivity index (χ2v) is 12.6. The Balaban J connectivity index is 2.93. The zero-order valence-electron chi connectivity index (χ0n) is 16.6. The van der Waals surface area contributed by atoms with Crippen LogP contribution in [0.3, 0.4) is 0 Å². The van der Waals surface area contributed by atoms with Gasteiger partial charge < -0.3 is 9.74 Å². The van der Waals surface area contributed by atoms with Crippen LogP contribution in [0.1, 0.15) is 39.2 Å². The van der Waals surface area contributed by atoms with Gasteiger partial charge in [0.05, 0.1) is 11.8 Å². The maximum atomic E-state index is 6.62. The number of rotatable bonds is 10. The molecule has 0 unspecified atom stereocenters. The van der Waals surface area contributed by atoms with E-state index in [9.17, 15) is 0 Å². The van der Waals surface area contributed by atoms with Crippen LogP contribution in [0.2, 0.25) is 18.1 Å². The molecule has 3 heteroatoms. The third kappa shape index (κ3) is 7.05. The van der Waals surface area contributed by atoms with Gasteiger partial charge in [-0.15, -0.1) is 13.2 Å². The zero-order valence-corrected chi connectivity index (χ0v) is 17.6. The van der Waals surface area contributed by atoms with Crippen molar-refractivity contribution in [3.63, 3.8) is 0 Å². The third-order valence-electron chi connectivity index (χ3n) is 4.81. The van der Waals surface area contributed by atoms with Crippen LogP contribution in [-0.2, 0) is 11.0 Å². The van der Waals surface area contributed by atoms with Crippen LogP contribution in [0.5, 0.6) is 0 Å². The van der Waals surface area contributed by atoms with Gasteiger partial charge in [-0.1, -0.05) is 63.3 Å². The number of hydrogen-bond acceptors (Lipinski definition) is 2. The minimum atomic E-state index is -1.90. The molecule has 0 aliphatic rings. The number of benzene rings is 1. The van der Waals surface area contributed by atoms with Gasteiger partial charge in [0, 0.05) is 6.54 Å². The van der Waals surface area contributed by atoms with E-state index in [-0.39, 0.29) is 11.1 Å². The molecule has 0 saturated heterocycles. The van der Waals surface area contributed by atoms with Crippen LogP contribution in [-0.4, -0.2) is 14.4 Å². The second kappa shape index (κ2) is 9.78. The molecule has 0 heterocycles. The van der Waals surface area contributed by atoms with Crippen molar-refractivity contribution in [1.29, 1.82) is 0 Å². The van der Waals surface area contributed by atoms with E-state index in [2.05, 4.69) is 82.7 Å². The van der Waals surface area contributed by atoms with Crippen LogP contribution < -0.4 is 5.32 Å². The first-order valence-electron chi connectivity index (χ1n) is 9.11. The van der Waals surface area contributed by atoms with E-state index < -0.39 is 8.32 Å². The lowest BCUT2D eigenvalue weighted by atomic mass is 10.1. The van der Waals surface area contributed by atoms with E-state index in [1.165, 1.54) is 5.56 Å². The van der Waals surface area contributed by atoms with Gasteiger partial charge in [0.15, 0.2) is 0 Å². The standard InChI is InChI=1S/C22H35NOSi/c1-8-10-12-17-21(24-25(6,7)22(3,4)5)20(9-2)23-18-19-15-13-11-14-16-19/h8-9,11,13-17,20,23H,1-2,10,12,18H2,3-7H3/b21-17-/t20-/m0/s1. The van der Waals surface area contributed by atoms with Gasteiger partial charge in [-0.25, -0.2) is 0 Å². The Morgan fingerprint density at radius 1 is 1.16 bits per heavy atom. The molecule has 1 atom stereocenters. The first-order chi connectivity index (χ1) is 11.7. The summed E-state index contributed by atoms with van der Waals surface area (Å²) in [6.07, 6.45) is 7.97. The molecule has 1 aromatic rings. The molecule has 0 fully saturated rings. The Morgan fingerprint density at radius 3 is 2.32 bits per heavy atom. The quantitative estimate of drug-likeness (QED) is 0.233. The number of unbranched alkanes of at least 4 members (excludes halogenated alkanes) is 1. The molecule has 0 spiro atoms. The SMILES string of the molecule is C=CCC/C=C(\O[Si](C)(C)C(C)(C)C)[C@H](C=C)NCc1ccccc1. The summed E-state index contributed by atoms with van der Waals surface area (Å²) in [7, 11) is -1.90. The lowest BCUT2D eigenvalue weighted by Crippen LogP contribution is -2.43. The average molecular weight is 358 g/mol. The molecule has 0 aromatic heterocycles. The van der Waals surface area contributed by atoms with Gasteiger partial charge in [-0.05, 0) is 42.6 Å². The van der Waals surface area contributed by atoms with Gasteiger partial charge in [-0.2, -0.15) is 0 Å². The second-order valence-electron chi connectivity index (χ2n) is 7.91. The molecule has 0 bridgehead atoms. The maximum absolute atomic E-state index is 6.62. The fraction of sp³-hybridized carbons (Fsp3) is 0.455. The van der Waals surface area contributed by atoms with E-state index in [4.69, 9.17) is 4.43 Å². The van der Waals surface area contributed by atoms with E-state index in [1.807, 2.05) is 18.2 Å². The predicted octanol–water partition coefficient (Wildman–Crippen LogP) is 6.20. The Morgan fingerprint density at radius 2 is 1.80 bits per heavy atom. The van der Waals surface area contributed by atoms with Crippen molar-refractivity contribution in [1.82, 2.24) is 5.32 Å². The highest BCUT2D eigenvalue weighted by Gasteiger charge is 2.40. The van der Waals surface area contributed by atoms with Crippen LogP contribution in [0.15, 0.2) is 67.5 Å². The Hall–Kier alpha value is -1.58. The smallest absolute Gasteiger partial charge is 0.250 e. The molecule has 0 amide bonds. The summed E-state index contributed by atoms with van der Waals surface area (Å²) >= 11 is 0. The summed E-state index contributed by atoms with van der Waals surface area (Å²) in [6.45, 7) is 20.0. The summed E-state index contributed by atoms with van der Waals surface area (Å²) in [4.78, 5) is 0. The molecule has 0 aliphatic heterocycles. The Bertz CT molecular complexity index is 569. The van der Waals surface area contributed by atoms with Crippen molar-refractivity contribution in [2.75, 3.05) is 0 Å². The number of allylic oxidation sites excluding steroid dienone is 2. The molecule has 1 rings (SSSR count). The molecule has 1 N–H and O–H groups in total. The molecule has 0 aliphatic carbocycles. The monoisotopic (exact) mass is 357 g/mol. The normalized spacial score (nSPS) is 14.0. The van der Waals surface area contributed by atoms with Crippen LogP contribution in [0.25, 0.3) is 0 Å². The van der Waals surface area contributed by atoms with Crippen LogP contribution >= 0.6 is 0 Å². The van der Waals surface area contributed by atoms with Gasteiger partial charge >= 0.3 is 0 Å². The summed E-state index contributed by atoms with van der Waals surface area (Å²) in [5.41, 5.74) is 1.26. The molecule has 0 saturated carbocycles. The molecule has 1 aromatic carbocycles. The number of nitrogens with one attached hydrogen (secondary N) is 1. The van der Waals surface area contributed by atoms with Crippen molar-refractivity contribution >= 4 is 8.32 Å². The highest BCUT2D eigenvalue weighted by Crippen LogP contribution is 2.38. The van der Waals surface area contributed by atoms with Gasteiger partial charge in [0.25, 0.3) is 0 Å². The van der Waals surface area contributed by atoms with Crippen LogP contribution in [0.4, 0.5) is 0 Å². The maximum Gasteiger partial charge on any atom is 0.250 e. The van der Waals surface area contributed by atoms with Crippen molar-refractivity contribution < 1.29 is 4.43 Å².